The molecule has 0 saturated carbocycles. The quantitative estimate of drug-likeness (QED) is 0.618. The summed E-state index contributed by atoms with van der Waals surface area (Å²) in [6, 6.07) is 11.2. The third-order valence-electron chi connectivity index (χ3n) is 3.50. The smallest absolute Gasteiger partial charge is 0.242 e. The van der Waals surface area contributed by atoms with Crippen LogP contribution in [0.5, 0.6) is 5.75 Å². The molecule has 0 bridgehead atoms. The number of hydrogen-bond donors (Lipinski definition) is 0. The Morgan fingerprint density at radius 3 is 2.79 bits per heavy atom. The summed E-state index contributed by atoms with van der Waals surface area (Å²) in [5.74, 6) is 1.43. The molecule has 1 atom stereocenters. The fraction of sp³-hybridized carbons (Fsp3) is 0.235. The average molecular weight is 343 g/mol. The second-order valence-corrected chi connectivity index (χ2v) is 6.48. The Bertz CT molecular complexity index is 754. The number of furan rings is 1. The fourth-order valence-corrected chi connectivity index (χ4v) is 3.14. The second-order valence-electron chi connectivity index (χ2n) is 5.18. The van der Waals surface area contributed by atoms with Gasteiger partial charge in [-0.2, -0.15) is 5.10 Å². The molecule has 6 nitrogen and oxygen atoms in total. The number of amidine groups is 1. The van der Waals surface area contributed by atoms with Crippen molar-refractivity contribution in [3.63, 3.8) is 0 Å². The van der Waals surface area contributed by atoms with Gasteiger partial charge in [-0.05, 0) is 36.8 Å². The summed E-state index contributed by atoms with van der Waals surface area (Å²) in [6.45, 7) is 2.32. The monoisotopic (exact) mass is 343 g/mol. The summed E-state index contributed by atoms with van der Waals surface area (Å²) >= 11 is 1.40. The predicted octanol–water partition coefficient (Wildman–Crippen LogP) is 3.14. The molecule has 3 rings (SSSR count). The van der Waals surface area contributed by atoms with Crippen molar-refractivity contribution in [3.8, 4) is 5.75 Å². The molecule has 0 N–H and O–H groups in total. The zero-order valence-electron chi connectivity index (χ0n) is 13.4. The highest BCUT2D eigenvalue weighted by Crippen LogP contribution is 2.28. The number of hydrogen-bond acceptors (Lipinski definition) is 6. The minimum absolute atomic E-state index is 0.0303. The van der Waals surface area contributed by atoms with Gasteiger partial charge in [-0.1, -0.05) is 23.9 Å². The highest BCUT2D eigenvalue weighted by molar-refractivity contribution is 8.15. The Morgan fingerprint density at radius 2 is 2.12 bits per heavy atom. The molecule has 0 radical (unpaired) electrons. The minimum atomic E-state index is -0.166. The highest BCUT2D eigenvalue weighted by Gasteiger charge is 2.35. The van der Waals surface area contributed by atoms with E-state index in [1.807, 2.05) is 31.2 Å². The van der Waals surface area contributed by atoms with Crippen molar-refractivity contribution in [1.29, 1.82) is 0 Å². The number of benzene rings is 1. The van der Waals surface area contributed by atoms with Crippen LogP contribution in [-0.4, -0.2) is 34.5 Å². The Balaban J connectivity index is 1.75. The van der Waals surface area contributed by atoms with Gasteiger partial charge in [0.25, 0.3) is 0 Å². The zero-order chi connectivity index (χ0) is 16.9. The highest BCUT2D eigenvalue weighted by atomic mass is 32.2. The number of rotatable bonds is 5. The van der Waals surface area contributed by atoms with Gasteiger partial charge in [0.2, 0.25) is 5.91 Å². The molecular weight excluding hydrogens is 326 g/mol. The van der Waals surface area contributed by atoms with Gasteiger partial charge < -0.3 is 9.15 Å². The first-order valence-electron chi connectivity index (χ1n) is 7.43. The maximum absolute atomic E-state index is 12.4. The van der Waals surface area contributed by atoms with E-state index >= 15 is 0 Å². The van der Waals surface area contributed by atoms with Gasteiger partial charge in [-0.25, -0.2) is 0 Å². The topological polar surface area (TPSA) is 67.4 Å². The molecule has 1 aliphatic rings. The van der Waals surface area contributed by atoms with Crippen LogP contribution in [0.4, 0.5) is 0 Å². The van der Waals surface area contributed by atoms with Crippen LogP contribution in [0, 0.1) is 0 Å². The number of carbonyl (C=O) groups excluding carboxylic acids is 1. The van der Waals surface area contributed by atoms with Crippen LogP contribution in [-0.2, 0) is 11.3 Å². The van der Waals surface area contributed by atoms with E-state index in [1.54, 1.807) is 30.4 Å². The molecule has 1 aromatic heterocycles. The van der Waals surface area contributed by atoms with Crippen LogP contribution >= 0.6 is 11.8 Å². The van der Waals surface area contributed by atoms with Crippen molar-refractivity contribution < 1.29 is 13.9 Å². The lowest BCUT2D eigenvalue weighted by Crippen LogP contribution is -2.30. The summed E-state index contributed by atoms with van der Waals surface area (Å²) in [7, 11) is 1.62. The first kappa shape index (κ1) is 16.3. The standard InChI is InChI=1S/C17H17N3O3S/c1-12-16(21)20(11-13-5-7-14(22-2)8-6-13)17(24-12)19-18-10-15-4-3-9-23-15/h3-10,12H,11H2,1-2H3/b18-10-,19-17-/t12-/m0/s1. The van der Waals surface area contributed by atoms with Crippen LogP contribution in [0.1, 0.15) is 18.2 Å². The molecule has 2 aromatic rings. The van der Waals surface area contributed by atoms with Crippen molar-refractivity contribution in [1.82, 2.24) is 4.90 Å². The van der Waals surface area contributed by atoms with Crippen LogP contribution < -0.4 is 4.74 Å². The van der Waals surface area contributed by atoms with Gasteiger partial charge in [0.15, 0.2) is 5.17 Å². The van der Waals surface area contributed by atoms with Crippen molar-refractivity contribution in [2.24, 2.45) is 10.2 Å². The first-order chi connectivity index (χ1) is 11.7. The lowest BCUT2D eigenvalue weighted by molar-refractivity contribution is -0.126. The normalized spacial score (nSPS) is 19.6. The third kappa shape index (κ3) is 3.68. The van der Waals surface area contributed by atoms with E-state index in [0.29, 0.717) is 17.5 Å². The van der Waals surface area contributed by atoms with E-state index in [-0.39, 0.29) is 11.2 Å². The molecule has 1 amide bonds. The van der Waals surface area contributed by atoms with E-state index in [4.69, 9.17) is 9.15 Å². The molecule has 1 aromatic carbocycles. The fourth-order valence-electron chi connectivity index (χ4n) is 2.22. The summed E-state index contributed by atoms with van der Waals surface area (Å²) in [4.78, 5) is 14.0. The van der Waals surface area contributed by atoms with E-state index < -0.39 is 0 Å². The van der Waals surface area contributed by atoms with Gasteiger partial charge in [-0.3, -0.25) is 9.69 Å². The van der Waals surface area contributed by atoms with Crippen LogP contribution in [0.2, 0.25) is 0 Å². The van der Waals surface area contributed by atoms with E-state index in [2.05, 4.69) is 10.2 Å². The summed E-state index contributed by atoms with van der Waals surface area (Å²) in [5, 5.41) is 8.62. The molecular formula is C17H17N3O3S. The number of carbonyl (C=O) groups is 1. The van der Waals surface area contributed by atoms with E-state index in [1.165, 1.54) is 18.0 Å². The van der Waals surface area contributed by atoms with Crippen LogP contribution in [0.15, 0.2) is 57.3 Å². The van der Waals surface area contributed by atoms with E-state index in [0.717, 1.165) is 11.3 Å². The Kier molecular flexibility index (Phi) is 5.00. The van der Waals surface area contributed by atoms with Crippen molar-refractivity contribution in [2.75, 3.05) is 7.11 Å². The van der Waals surface area contributed by atoms with Gasteiger partial charge in [0.05, 0.1) is 31.4 Å². The minimum Gasteiger partial charge on any atom is -0.497 e. The predicted molar refractivity (Wildman–Crippen MR) is 94.3 cm³/mol. The molecule has 124 valence electrons. The maximum atomic E-state index is 12.4. The van der Waals surface area contributed by atoms with Crippen LogP contribution in [0.3, 0.4) is 0 Å². The first-order valence-corrected chi connectivity index (χ1v) is 8.31. The van der Waals surface area contributed by atoms with Gasteiger partial charge in [-0.15, -0.1) is 5.10 Å². The van der Waals surface area contributed by atoms with E-state index in [9.17, 15) is 4.79 Å². The van der Waals surface area contributed by atoms with Gasteiger partial charge in [0, 0.05) is 0 Å². The molecule has 1 aliphatic heterocycles. The Labute approximate surface area is 144 Å². The van der Waals surface area contributed by atoms with Crippen molar-refractivity contribution >= 4 is 29.1 Å². The molecule has 1 saturated heterocycles. The summed E-state index contributed by atoms with van der Waals surface area (Å²) in [5.41, 5.74) is 1.00. The Hall–Kier alpha value is -2.54. The molecule has 7 heteroatoms. The zero-order valence-corrected chi connectivity index (χ0v) is 14.2. The Morgan fingerprint density at radius 1 is 1.33 bits per heavy atom. The molecule has 0 unspecified atom stereocenters. The lowest BCUT2D eigenvalue weighted by Gasteiger charge is -2.15. The van der Waals surface area contributed by atoms with Crippen LogP contribution in [0.25, 0.3) is 0 Å². The summed E-state index contributed by atoms with van der Waals surface area (Å²) < 4.78 is 10.3. The number of amides is 1. The third-order valence-corrected chi connectivity index (χ3v) is 4.57. The number of ether oxygens (including phenoxy) is 1. The molecule has 24 heavy (non-hydrogen) atoms. The molecule has 1 fully saturated rings. The largest absolute Gasteiger partial charge is 0.497 e. The number of methoxy groups -OCH3 is 1. The maximum Gasteiger partial charge on any atom is 0.242 e. The average Bonchev–Trinajstić information content (AvgIpc) is 3.20. The van der Waals surface area contributed by atoms with Gasteiger partial charge in [0.1, 0.15) is 11.5 Å². The van der Waals surface area contributed by atoms with Gasteiger partial charge >= 0.3 is 0 Å². The molecule has 0 aliphatic carbocycles. The molecule has 0 spiro atoms. The lowest BCUT2D eigenvalue weighted by atomic mass is 10.2. The van der Waals surface area contributed by atoms with Crippen molar-refractivity contribution in [3.05, 3.63) is 54.0 Å². The molecule has 2 heterocycles. The second kappa shape index (κ2) is 7.35. The summed E-state index contributed by atoms with van der Waals surface area (Å²) in [6.07, 6.45) is 3.09. The SMILES string of the molecule is COc1ccc(CN2C(=O)[C@H](C)S/C2=N\N=C/c2ccco2)cc1. The number of thioether (sulfide) groups is 1. The number of nitrogens with zero attached hydrogens (tertiary/aromatic N) is 3. The van der Waals surface area contributed by atoms with Crippen molar-refractivity contribution in [2.45, 2.75) is 18.7 Å².